The quantitative estimate of drug-likeness (QED) is 0.932. The van der Waals surface area contributed by atoms with Crippen molar-refractivity contribution in [3.63, 3.8) is 0 Å². The molecule has 0 saturated heterocycles. The molecule has 1 heterocycles. The molecule has 0 aliphatic carbocycles. The second-order valence-electron chi connectivity index (χ2n) is 6.02. The number of aromatic hydroxyl groups is 1. The van der Waals surface area contributed by atoms with Gasteiger partial charge in [0.05, 0.1) is 0 Å². The summed E-state index contributed by atoms with van der Waals surface area (Å²) in [7, 11) is 0. The molecular weight excluding hydrogens is 258 g/mol. The summed E-state index contributed by atoms with van der Waals surface area (Å²) in [6.07, 6.45) is 3.34. The number of nitrogens with zero attached hydrogens (tertiary/aromatic N) is 1. The zero-order valence-corrected chi connectivity index (χ0v) is 12.6. The number of rotatable bonds is 3. The molecule has 0 radical (unpaired) electrons. The highest BCUT2D eigenvalue weighted by Gasteiger charge is 2.18. The van der Waals surface area contributed by atoms with Crippen LogP contribution in [0, 0.1) is 0 Å². The van der Waals surface area contributed by atoms with E-state index in [0.29, 0.717) is 11.8 Å². The molecule has 1 N–H and O–H groups in total. The first kappa shape index (κ1) is 14.2. The maximum atomic E-state index is 9.37. The molecule has 0 aromatic heterocycles. The maximum absolute atomic E-state index is 9.37. The number of hydrogen-bond acceptors (Lipinski definition) is 2. The molecule has 1 unspecified atom stereocenters. The molecule has 3 rings (SSSR count). The van der Waals surface area contributed by atoms with Crippen molar-refractivity contribution in [2.24, 2.45) is 0 Å². The molecule has 1 atom stereocenters. The summed E-state index contributed by atoms with van der Waals surface area (Å²) >= 11 is 0. The minimum Gasteiger partial charge on any atom is -0.508 e. The fourth-order valence-electron chi connectivity index (χ4n) is 3.23. The van der Waals surface area contributed by atoms with Crippen LogP contribution in [0.4, 0.5) is 0 Å². The first-order chi connectivity index (χ1) is 10.2. The highest BCUT2D eigenvalue weighted by Crippen LogP contribution is 2.19. The molecule has 21 heavy (non-hydrogen) atoms. The van der Waals surface area contributed by atoms with Crippen LogP contribution >= 0.6 is 0 Å². The third-order valence-electron chi connectivity index (χ3n) is 4.55. The molecule has 1 aliphatic heterocycles. The van der Waals surface area contributed by atoms with E-state index in [1.54, 1.807) is 12.1 Å². The maximum Gasteiger partial charge on any atom is 0.115 e. The molecule has 0 amide bonds. The molecule has 0 spiro atoms. The molecule has 2 aromatic rings. The van der Waals surface area contributed by atoms with Gasteiger partial charge in [-0.2, -0.15) is 0 Å². The summed E-state index contributed by atoms with van der Waals surface area (Å²) in [6, 6.07) is 17.0. The third kappa shape index (κ3) is 3.45. The molecule has 2 heteroatoms. The van der Waals surface area contributed by atoms with Gasteiger partial charge in [-0.3, -0.25) is 4.90 Å². The molecule has 0 saturated carbocycles. The van der Waals surface area contributed by atoms with Gasteiger partial charge in [-0.15, -0.1) is 0 Å². The van der Waals surface area contributed by atoms with E-state index in [-0.39, 0.29) is 0 Å². The highest BCUT2D eigenvalue weighted by molar-refractivity contribution is 5.29. The third-order valence-corrected chi connectivity index (χ3v) is 4.55. The summed E-state index contributed by atoms with van der Waals surface area (Å²) in [4.78, 5) is 2.59. The van der Waals surface area contributed by atoms with Crippen molar-refractivity contribution < 1.29 is 5.11 Å². The first-order valence-electron chi connectivity index (χ1n) is 7.81. The Labute approximate surface area is 127 Å². The van der Waals surface area contributed by atoms with Crippen LogP contribution in [0.15, 0.2) is 48.5 Å². The standard InChI is InChI=1S/C19H23NO/c1-15(14-16-6-8-19(21)9-7-16)20-12-10-17-4-2-3-5-18(17)11-13-20/h2-9,15,21H,10-14H2,1H3. The number of phenolic OH excluding ortho intramolecular Hbond substituents is 1. The summed E-state index contributed by atoms with van der Waals surface area (Å²) < 4.78 is 0. The summed E-state index contributed by atoms with van der Waals surface area (Å²) in [5.41, 5.74) is 4.32. The van der Waals surface area contributed by atoms with Crippen LogP contribution in [0.3, 0.4) is 0 Å². The van der Waals surface area contributed by atoms with Crippen molar-refractivity contribution in [2.75, 3.05) is 13.1 Å². The second kappa shape index (κ2) is 6.31. The smallest absolute Gasteiger partial charge is 0.115 e. The van der Waals surface area contributed by atoms with Crippen LogP contribution in [-0.2, 0) is 19.3 Å². The summed E-state index contributed by atoms with van der Waals surface area (Å²) in [5.74, 6) is 0.344. The second-order valence-corrected chi connectivity index (χ2v) is 6.02. The molecule has 2 aromatic carbocycles. The Bertz CT molecular complexity index is 564. The van der Waals surface area contributed by atoms with Gasteiger partial charge in [0.15, 0.2) is 0 Å². The van der Waals surface area contributed by atoms with E-state index in [9.17, 15) is 5.11 Å². The lowest BCUT2D eigenvalue weighted by molar-refractivity contribution is 0.217. The van der Waals surface area contributed by atoms with Crippen molar-refractivity contribution in [3.8, 4) is 5.75 Å². The fourth-order valence-corrected chi connectivity index (χ4v) is 3.23. The highest BCUT2D eigenvalue weighted by atomic mass is 16.3. The Morgan fingerprint density at radius 1 is 0.952 bits per heavy atom. The molecule has 2 nitrogen and oxygen atoms in total. The largest absolute Gasteiger partial charge is 0.508 e. The van der Waals surface area contributed by atoms with Crippen molar-refractivity contribution in [1.82, 2.24) is 4.90 Å². The van der Waals surface area contributed by atoms with E-state index < -0.39 is 0 Å². The molecule has 110 valence electrons. The number of fused-ring (bicyclic) bond motifs is 1. The lowest BCUT2D eigenvalue weighted by atomic mass is 10.0. The Morgan fingerprint density at radius 3 is 2.10 bits per heavy atom. The Balaban J connectivity index is 1.64. The van der Waals surface area contributed by atoms with Crippen molar-refractivity contribution in [2.45, 2.75) is 32.2 Å². The van der Waals surface area contributed by atoms with Crippen LogP contribution in [0.5, 0.6) is 5.75 Å². The van der Waals surface area contributed by atoms with Crippen molar-refractivity contribution >= 4 is 0 Å². The van der Waals surface area contributed by atoms with E-state index in [2.05, 4.69) is 36.1 Å². The van der Waals surface area contributed by atoms with Crippen LogP contribution < -0.4 is 0 Å². The number of phenols is 1. The Morgan fingerprint density at radius 2 is 1.52 bits per heavy atom. The van der Waals surface area contributed by atoms with Crippen LogP contribution in [0.2, 0.25) is 0 Å². The van der Waals surface area contributed by atoms with Crippen LogP contribution in [-0.4, -0.2) is 29.1 Å². The predicted octanol–water partition coefficient (Wildman–Crippen LogP) is 3.42. The molecule has 0 fully saturated rings. The van der Waals surface area contributed by atoms with Gasteiger partial charge in [-0.25, -0.2) is 0 Å². The Hall–Kier alpha value is -1.80. The van der Waals surface area contributed by atoms with E-state index in [1.165, 1.54) is 16.7 Å². The van der Waals surface area contributed by atoms with Crippen molar-refractivity contribution in [3.05, 3.63) is 65.2 Å². The van der Waals surface area contributed by atoms with Crippen LogP contribution in [0.1, 0.15) is 23.6 Å². The van der Waals surface area contributed by atoms with Crippen LogP contribution in [0.25, 0.3) is 0 Å². The first-order valence-corrected chi connectivity index (χ1v) is 7.81. The number of hydrogen-bond donors (Lipinski definition) is 1. The minimum absolute atomic E-state index is 0.344. The van der Waals surface area contributed by atoms with Gasteiger partial charge in [-0.1, -0.05) is 36.4 Å². The average molecular weight is 281 g/mol. The molecule has 0 bridgehead atoms. The zero-order chi connectivity index (χ0) is 14.7. The lowest BCUT2D eigenvalue weighted by Gasteiger charge is -2.27. The lowest BCUT2D eigenvalue weighted by Crippen LogP contribution is -2.36. The topological polar surface area (TPSA) is 23.5 Å². The summed E-state index contributed by atoms with van der Waals surface area (Å²) in [5, 5.41) is 9.37. The van der Waals surface area contributed by atoms with E-state index >= 15 is 0 Å². The van der Waals surface area contributed by atoms with Gasteiger partial charge in [0.2, 0.25) is 0 Å². The SMILES string of the molecule is CC(Cc1ccc(O)cc1)N1CCc2ccccc2CC1. The van der Waals surface area contributed by atoms with Gasteiger partial charge < -0.3 is 5.11 Å². The minimum atomic E-state index is 0.344. The molecule has 1 aliphatic rings. The van der Waals surface area contributed by atoms with E-state index in [1.807, 2.05) is 12.1 Å². The van der Waals surface area contributed by atoms with Gasteiger partial charge in [0.25, 0.3) is 0 Å². The predicted molar refractivity (Wildman–Crippen MR) is 86.7 cm³/mol. The van der Waals surface area contributed by atoms with Gasteiger partial charge >= 0.3 is 0 Å². The van der Waals surface area contributed by atoms with Gasteiger partial charge in [0, 0.05) is 19.1 Å². The Kier molecular flexibility index (Phi) is 4.26. The zero-order valence-electron chi connectivity index (χ0n) is 12.6. The normalized spacial score (nSPS) is 17.0. The van der Waals surface area contributed by atoms with E-state index in [4.69, 9.17) is 0 Å². The summed E-state index contributed by atoms with van der Waals surface area (Å²) in [6.45, 7) is 4.58. The number of benzene rings is 2. The monoisotopic (exact) mass is 281 g/mol. The van der Waals surface area contributed by atoms with Gasteiger partial charge in [-0.05, 0) is 55.0 Å². The van der Waals surface area contributed by atoms with E-state index in [0.717, 1.165) is 32.4 Å². The average Bonchev–Trinajstić information content (AvgIpc) is 2.72. The molecular formula is C19H23NO. The van der Waals surface area contributed by atoms with Crippen molar-refractivity contribution in [1.29, 1.82) is 0 Å². The fraction of sp³-hybridized carbons (Fsp3) is 0.368. The van der Waals surface area contributed by atoms with Gasteiger partial charge in [0.1, 0.15) is 5.75 Å².